The van der Waals surface area contributed by atoms with Crippen LogP contribution >= 0.6 is 0 Å². The molecule has 4 rings (SSSR count). The van der Waals surface area contributed by atoms with Crippen LogP contribution in [-0.4, -0.2) is 35.4 Å². The molecule has 3 aromatic carbocycles. The fraction of sp³-hybridized carbons (Fsp3) is 0.194. The second kappa shape index (κ2) is 12.1. The molecule has 0 bridgehead atoms. The van der Waals surface area contributed by atoms with Crippen LogP contribution in [0.4, 0.5) is 0 Å². The first kappa shape index (κ1) is 25.8. The van der Waals surface area contributed by atoms with Crippen molar-refractivity contribution in [3.63, 3.8) is 0 Å². The monoisotopic (exact) mass is 494 g/mol. The summed E-state index contributed by atoms with van der Waals surface area (Å²) < 4.78 is 0. The van der Waals surface area contributed by atoms with Gasteiger partial charge in [0, 0.05) is 29.8 Å². The van der Waals surface area contributed by atoms with E-state index in [-0.39, 0.29) is 23.6 Å². The predicted molar refractivity (Wildman–Crippen MR) is 145 cm³/mol. The van der Waals surface area contributed by atoms with Crippen molar-refractivity contribution in [2.24, 2.45) is 0 Å². The molecule has 37 heavy (non-hydrogen) atoms. The largest absolute Gasteiger partial charge is 0.388 e. The van der Waals surface area contributed by atoms with E-state index in [4.69, 9.17) is 5.11 Å². The molecule has 0 heterocycles. The molecule has 0 aromatic heterocycles. The van der Waals surface area contributed by atoms with E-state index in [9.17, 15) is 14.4 Å². The van der Waals surface area contributed by atoms with E-state index < -0.39 is 6.61 Å². The van der Waals surface area contributed by atoms with Gasteiger partial charge in [-0.05, 0) is 54.2 Å². The third kappa shape index (κ3) is 7.59. The SMILES string of the molecule is Cc1ccc(/C(=C\c2ccc(/C=C/C(=O)NCc3ccc(C(=O)CO)cc3)cc2)C(=O)NC2CC2)cc1. The number of aliphatic hydroxyl groups excluding tert-OH is 1. The molecule has 6 heteroatoms. The Kier molecular flexibility index (Phi) is 8.44. The van der Waals surface area contributed by atoms with Crippen LogP contribution in [0.15, 0.2) is 78.9 Å². The van der Waals surface area contributed by atoms with Gasteiger partial charge in [0.1, 0.15) is 6.61 Å². The van der Waals surface area contributed by atoms with Crippen molar-refractivity contribution in [1.82, 2.24) is 10.6 Å². The highest BCUT2D eigenvalue weighted by Crippen LogP contribution is 2.24. The van der Waals surface area contributed by atoms with Crippen molar-refractivity contribution in [2.75, 3.05) is 6.61 Å². The molecule has 1 aliphatic rings. The van der Waals surface area contributed by atoms with Crippen LogP contribution in [0.2, 0.25) is 0 Å². The van der Waals surface area contributed by atoms with Crippen molar-refractivity contribution in [2.45, 2.75) is 32.4 Å². The van der Waals surface area contributed by atoms with Crippen LogP contribution < -0.4 is 10.6 Å². The fourth-order valence-electron chi connectivity index (χ4n) is 3.69. The molecule has 3 aromatic rings. The number of carbonyl (C=O) groups excluding carboxylic acids is 3. The molecule has 0 saturated heterocycles. The maximum atomic E-state index is 12.9. The normalized spacial score (nSPS) is 13.4. The zero-order valence-electron chi connectivity index (χ0n) is 20.7. The summed E-state index contributed by atoms with van der Waals surface area (Å²) in [7, 11) is 0. The maximum Gasteiger partial charge on any atom is 0.252 e. The Morgan fingerprint density at radius 1 is 0.865 bits per heavy atom. The number of hydrogen-bond donors (Lipinski definition) is 3. The van der Waals surface area contributed by atoms with Crippen LogP contribution in [-0.2, 0) is 16.1 Å². The molecule has 188 valence electrons. The minimum atomic E-state index is -0.526. The number of rotatable bonds is 10. The Bertz CT molecular complexity index is 1320. The van der Waals surface area contributed by atoms with Gasteiger partial charge in [0.15, 0.2) is 5.78 Å². The van der Waals surface area contributed by atoms with Gasteiger partial charge in [0.25, 0.3) is 5.91 Å². The highest BCUT2D eigenvalue weighted by atomic mass is 16.3. The highest BCUT2D eigenvalue weighted by molar-refractivity contribution is 6.24. The van der Waals surface area contributed by atoms with E-state index >= 15 is 0 Å². The van der Waals surface area contributed by atoms with Crippen molar-refractivity contribution < 1.29 is 19.5 Å². The van der Waals surface area contributed by atoms with Crippen molar-refractivity contribution in [3.8, 4) is 0 Å². The van der Waals surface area contributed by atoms with Gasteiger partial charge in [0.2, 0.25) is 5.91 Å². The second-order valence-corrected chi connectivity index (χ2v) is 9.17. The second-order valence-electron chi connectivity index (χ2n) is 9.17. The zero-order chi connectivity index (χ0) is 26.2. The molecular weight excluding hydrogens is 464 g/mol. The Morgan fingerprint density at radius 2 is 1.49 bits per heavy atom. The number of ketones is 1. The molecule has 0 aliphatic heterocycles. The maximum absolute atomic E-state index is 12.9. The summed E-state index contributed by atoms with van der Waals surface area (Å²) in [6.45, 7) is 1.82. The van der Waals surface area contributed by atoms with Crippen LogP contribution in [0.25, 0.3) is 17.7 Å². The Balaban J connectivity index is 1.37. The number of hydrogen-bond acceptors (Lipinski definition) is 4. The smallest absolute Gasteiger partial charge is 0.252 e. The van der Waals surface area contributed by atoms with Gasteiger partial charge in [0.05, 0.1) is 0 Å². The van der Waals surface area contributed by atoms with Crippen LogP contribution in [0.5, 0.6) is 0 Å². The number of nitrogens with one attached hydrogen (secondary N) is 2. The molecule has 0 spiro atoms. The minimum Gasteiger partial charge on any atom is -0.388 e. The van der Waals surface area contributed by atoms with E-state index in [0.29, 0.717) is 17.7 Å². The fourth-order valence-corrected chi connectivity index (χ4v) is 3.69. The average Bonchev–Trinajstić information content (AvgIpc) is 3.74. The summed E-state index contributed by atoms with van der Waals surface area (Å²) in [5, 5.41) is 14.8. The highest BCUT2D eigenvalue weighted by Gasteiger charge is 2.25. The molecule has 0 radical (unpaired) electrons. The quantitative estimate of drug-likeness (QED) is 0.222. The lowest BCUT2D eigenvalue weighted by Crippen LogP contribution is -2.26. The zero-order valence-corrected chi connectivity index (χ0v) is 20.7. The number of benzene rings is 3. The van der Waals surface area contributed by atoms with Gasteiger partial charge in [-0.25, -0.2) is 0 Å². The van der Waals surface area contributed by atoms with Gasteiger partial charge in [-0.2, -0.15) is 0 Å². The van der Waals surface area contributed by atoms with Crippen LogP contribution in [0, 0.1) is 6.92 Å². The van der Waals surface area contributed by atoms with Crippen LogP contribution in [0.3, 0.4) is 0 Å². The molecule has 1 aliphatic carbocycles. The van der Waals surface area contributed by atoms with Gasteiger partial charge in [-0.15, -0.1) is 0 Å². The standard InChI is InChI=1S/C31H30N2O4/c1-21-2-11-25(12-3-21)28(31(37)33-27-15-16-27)18-23-6-4-22(5-7-23)10-17-30(36)32-19-24-8-13-26(14-9-24)29(35)20-34/h2-14,17-18,27,34H,15-16,19-20H2,1H3,(H,32,36)(H,33,37)/b17-10+,28-18+. The average molecular weight is 495 g/mol. The van der Waals surface area contributed by atoms with Crippen LogP contribution in [0.1, 0.15) is 51.0 Å². The molecule has 6 nitrogen and oxygen atoms in total. The summed E-state index contributed by atoms with van der Waals surface area (Å²) >= 11 is 0. The Hall–Kier alpha value is -4.29. The summed E-state index contributed by atoms with van der Waals surface area (Å²) in [6, 6.07) is 22.6. The van der Waals surface area contributed by atoms with Crippen molar-refractivity contribution in [1.29, 1.82) is 0 Å². The summed E-state index contributed by atoms with van der Waals surface area (Å²) in [4.78, 5) is 36.6. The lowest BCUT2D eigenvalue weighted by molar-refractivity contribution is -0.117. The van der Waals surface area contributed by atoms with E-state index in [1.807, 2.05) is 61.5 Å². The molecule has 1 saturated carbocycles. The molecule has 3 N–H and O–H groups in total. The minimum absolute atomic E-state index is 0.0679. The topological polar surface area (TPSA) is 95.5 Å². The lowest BCUT2D eigenvalue weighted by atomic mass is 10.00. The van der Waals surface area contributed by atoms with E-state index in [0.717, 1.165) is 40.7 Å². The molecule has 2 amide bonds. The van der Waals surface area contributed by atoms with Gasteiger partial charge >= 0.3 is 0 Å². The van der Waals surface area contributed by atoms with E-state index in [1.54, 1.807) is 30.3 Å². The summed E-state index contributed by atoms with van der Waals surface area (Å²) in [6.07, 6.45) is 7.14. The molecular formula is C31H30N2O4. The predicted octanol–water partition coefficient (Wildman–Crippen LogP) is 4.32. The number of carbonyl (C=O) groups is 3. The molecule has 1 fully saturated rings. The third-order valence-electron chi connectivity index (χ3n) is 6.08. The first-order valence-electron chi connectivity index (χ1n) is 12.3. The van der Waals surface area contributed by atoms with Crippen molar-refractivity contribution >= 4 is 35.3 Å². The molecule has 0 atom stereocenters. The van der Waals surface area contributed by atoms with Gasteiger partial charge < -0.3 is 15.7 Å². The first-order chi connectivity index (χ1) is 17.9. The van der Waals surface area contributed by atoms with Crippen molar-refractivity contribution in [3.05, 3.63) is 112 Å². The summed E-state index contributed by atoms with van der Waals surface area (Å²) in [5.41, 5.74) is 5.68. The van der Waals surface area contributed by atoms with Gasteiger partial charge in [-0.1, -0.05) is 78.4 Å². The first-order valence-corrected chi connectivity index (χ1v) is 12.3. The summed E-state index contributed by atoms with van der Waals surface area (Å²) in [5.74, 6) is -0.646. The number of amides is 2. The van der Waals surface area contributed by atoms with E-state index in [1.165, 1.54) is 6.08 Å². The Labute approximate surface area is 216 Å². The Morgan fingerprint density at radius 3 is 2.11 bits per heavy atom. The number of aryl methyl sites for hydroxylation is 1. The number of aliphatic hydroxyl groups is 1. The number of Topliss-reactive ketones (excluding diaryl/α,β-unsaturated/α-hetero) is 1. The lowest BCUT2D eigenvalue weighted by Gasteiger charge is -2.10. The molecule has 0 unspecified atom stereocenters. The van der Waals surface area contributed by atoms with Gasteiger partial charge in [-0.3, -0.25) is 14.4 Å². The third-order valence-corrected chi connectivity index (χ3v) is 6.08. The van der Waals surface area contributed by atoms with E-state index in [2.05, 4.69) is 10.6 Å².